The number of benzene rings is 1. The second-order valence-electron chi connectivity index (χ2n) is 4.24. The highest BCUT2D eigenvalue weighted by molar-refractivity contribution is 5.74. The van der Waals surface area contributed by atoms with E-state index in [4.69, 9.17) is 12.8 Å². The number of hydrogen-bond acceptors (Lipinski definition) is 2. The van der Waals surface area contributed by atoms with Crippen LogP contribution in [0.4, 0.5) is 4.79 Å². The van der Waals surface area contributed by atoms with Gasteiger partial charge in [-0.2, -0.15) is 0 Å². The molecule has 0 radical (unpaired) electrons. The van der Waals surface area contributed by atoms with Crippen LogP contribution in [0.25, 0.3) is 0 Å². The Morgan fingerprint density at radius 2 is 1.62 bits per heavy atom. The van der Waals surface area contributed by atoms with Gasteiger partial charge in [0.05, 0.1) is 13.1 Å². The maximum Gasteiger partial charge on any atom is 0.319 e. The second kappa shape index (κ2) is 9.06. The summed E-state index contributed by atoms with van der Waals surface area (Å²) in [5.41, 5.74) is 1.93. The maximum atomic E-state index is 11.9. The van der Waals surface area contributed by atoms with E-state index in [1.54, 1.807) is 0 Å². The molecule has 5 nitrogen and oxygen atoms in total. The Bertz CT molecular complexity index is 536. The summed E-state index contributed by atoms with van der Waals surface area (Å²) in [6.45, 7) is 1.21. The van der Waals surface area contributed by atoms with Crippen molar-refractivity contribution in [1.29, 1.82) is 0 Å². The first-order valence-corrected chi connectivity index (χ1v) is 6.35. The predicted molar refractivity (Wildman–Crippen MR) is 80.8 cm³/mol. The van der Waals surface area contributed by atoms with Crippen molar-refractivity contribution in [3.63, 3.8) is 0 Å². The summed E-state index contributed by atoms with van der Waals surface area (Å²) in [5.74, 6) is 4.79. The second-order valence-corrected chi connectivity index (χ2v) is 4.24. The third kappa shape index (κ3) is 5.71. The molecule has 108 valence electrons. The fraction of sp³-hybridized carbons (Fsp3) is 0.250. The van der Waals surface area contributed by atoms with Crippen molar-refractivity contribution in [1.82, 2.24) is 15.5 Å². The molecule has 2 N–H and O–H groups in total. The molecule has 0 saturated heterocycles. The molecule has 0 aliphatic heterocycles. The van der Waals surface area contributed by atoms with E-state index in [2.05, 4.69) is 22.5 Å². The minimum absolute atomic E-state index is 0.173. The van der Waals surface area contributed by atoms with Gasteiger partial charge < -0.3 is 15.5 Å². The zero-order chi connectivity index (χ0) is 15.5. The van der Waals surface area contributed by atoms with Crippen LogP contribution in [0, 0.1) is 24.7 Å². The molecule has 0 aliphatic carbocycles. The zero-order valence-corrected chi connectivity index (χ0v) is 11.6. The van der Waals surface area contributed by atoms with E-state index in [1.165, 1.54) is 4.90 Å². The number of nitrogens with one attached hydrogen (secondary N) is 2. The number of carbonyl (C=O) groups is 2. The van der Waals surface area contributed by atoms with Gasteiger partial charge in [-0.1, -0.05) is 36.1 Å². The molecule has 1 aromatic carbocycles. The Balaban J connectivity index is 2.50. The van der Waals surface area contributed by atoms with Gasteiger partial charge in [0.1, 0.15) is 0 Å². The van der Waals surface area contributed by atoms with Gasteiger partial charge in [-0.25, -0.2) is 4.79 Å². The van der Waals surface area contributed by atoms with Crippen molar-refractivity contribution >= 4 is 12.4 Å². The first-order chi connectivity index (χ1) is 10.2. The van der Waals surface area contributed by atoms with Gasteiger partial charge in [-0.15, -0.1) is 12.8 Å². The molecule has 0 saturated carbocycles. The van der Waals surface area contributed by atoms with Gasteiger partial charge in [-0.3, -0.25) is 4.79 Å². The van der Waals surface area contributed by atoms with Gasteiger partial charge in [-0.05, 0) is 11.1 Å². The van der Waals surface area contributed by atoms with Gasteiger partial charge in [0, 0.05) is 13.1 Å². The molecule has 0 spiro atoms. The number of amides is 3. The molecule has 0 fully saturated rings. The molecule has 1 aromatic rings. The lowest BCUT2D eigenvalue weighted by Gasteiger charge is -2.18. The molecule has 0 heterocycles. The number of terminal acetylenes is 2. The minimum atomic E-state index is -0.294. The lowest BCUT2D eigenvalue weighted by Crippen LogP contribution is -2.40. The Hall–Kier alpha value is -2.92. The monoisotopic (exact) mass is 283 g/mol. The van der Waals surface area contributed by atoms with Gasteiger partial charge in [0.2, 0.25) is 6.41 Å². The van der Waals surface area contributed by atoms with Crippen LogP contribution >= 0.6 is 0 Å². The van der Waals surface area contributed by atoms with Crippen molar-refractivity contribution in [2.24, 2.45) is 0 Å². The maximum absolute atomic E-state index is 11.9. The van der Waals surface area contributed by atoms with Gasteiger partial charge in [0.15, 0.2) is 0 Å². The van der Waals surface area contributed by atoms with Crippen LogP contribution < -0.4 is 10.6 Å². The molecule has 0 bridgehead atoms. The number of nitrogens with zero attached hydrogens (tertiary/aromatic N) is 1. The number of rotatable bonds is 7. The normalized spacial score (nSPS) is 9.05. The summed E-state index contributed by atoms with van der Waals surface area (Å²) in [6, 6.07) is 7.25. The Morgan fingerprint density at radius 1 is 1.10 bits per heavy atom. The van der Waals surface area contributed by atoms with Crippen molar-refractivity contribution in [3.05, 3.63) is 35.4 Å². The number of urea groups is 1. The summed E-state index contributed by atoms with van der Waals surface area (Å²) in [5, 5.41) is 5.34. The zero-order valence-electron chi connectivity index (χ0n) is 11.6. The van der Waals surface area contributed by atoms with Crippen LogP contribution in [-0.2, 0) is 17.9 Å². The van der Waals surface area contributed by atoms with Crippen molar-refractivity contribution in [2.45, 2.75) is 13.1 Å². The van der Waals surface area contributed by atoms with Crippen molar-refractivity contribution in [3.8, 4) is 24.7 Å². The highest BCUT2D eigenvalue weighted by Crippen LogP contribution is 2.04. The van der Waals surface area contributed by atoms with Crippen LogP contribution in [-0.4, -0.2) is 30.4 Å². The minimum Gasteiger partial charge on any atom is -0.355 e. The molecule has 0 atom stereocenters. The topological polar surface area (TPSA) is 61.4 Å². The number of carbonyl (C=O) groups excluding carboxylic acids is 2. The lowest BCUT2D eigenvalue weighted by atomic mass is 10.1. The van der Waals surface area contributed by atoms with Crippen LogP contribution in [0.1, 0.15) is 11.1 Å². The average Bonchev–Trinajstić information content (AvgIpc) is 2.51. The third-order valence-electron chi connectivity index (χ3n) is 2.71. The van der Waals surface area contributed by atoms with E-state index in [-0.39, 0.29) is 19.1 Å². The highest BCUT2D eigenvalue weighted by atomic mass is 16.2. The standard InChI is InChI=1S/C16H17N3O2/c1-3-9-19(10-4-2)16(21)18-12-15-7-5-14(6-8-15)11-17-13-20/h1-2,5-8,13H,9-12H2,(H,17,20)(H,18,21). The third-order valence-corrected chi connectivity index (χ3v) is 2.71. The average molecular weight is 283 g/mol. The molecular formula is C16H17N3O2. The van der Waals surface area contributed by atoms with Gasteiger partial charge in [0.25, 0.3) is 0 Å². The predicted octanol–water partition coefficient (Wildman–Crippen LogP) is 0.711. The SMILES string of the molecule is C#CCN(CC#C)C(=O)NCc1ccc(CNC=O)cc1. The Kier molecular flexibility index (Phi) is 6.96. The van der Waals surface area contributed by atoms with Crippen molar-refractivity contribution < 1.29 is 9.59 Å². The Labute approximate surface area is 124 Å². The van der Waals surface area contributed by atoms with Crippen LogP contribution in [0.15, 0.2) is 24.3 Å². The molecular weight excluding hydrogens is 266 g/mol. The summed E-state index contributed by atoms with van der Waals surface area (Å²) < 4.78 is 0. The first-order valence-electron chi connectivity index (χ1n) is 6.35. The van der Waals surface area contributed by atoms with E-state index >= 15 is 0 Å². The molecule has 3 amide bonds. The summed E-state index contributed by atoms with van der Waals surface area (Å²) in [6.07, 6.45) is 11.0. The summed E-state index contributed by atoms with van der Waals surface area (Å²) >= 11 is 0. The van der Waals surface area contributed by atoms with E-state index in [0.717, 1.165) is 11.1 Å². The van der Waals surface area contributed by atoms with Crippen LogP contribution in [0.3, 0.4) is 0 Å². The largest absolute Gasteiger partial charge is 0.355 e. The first kappa shape index (κ1) is 16.1. The van der Waals surface area contributed by atoms with Crippen molar-refractivity contribution in [2.75, 3.05) is 13.1 Å². The van der Waals surface area contributed by atoms with E-state index in [0.29, 0.717) is 19.5 Å². The Morgan fingerprint density at radius 3 is 2.10 bits per heavy atom. The lowest BCUT2D eigenvalue weighted by molar-refractivity contribution is -0.109. The quantitative estimate of drug-likeness (QED) is 0.572. The molecule has 0 aliphatic rings. The number of hydrogen-bond donors (Lipinski definition) is 2. The van der Waals surface area contributed by atoms with E-state index < -0.39 is 0 Å². The summed E-state index contributed by atoms with van der Waals surface area (Å²) in [7, 11) is 0. The fourth-order valence-corrected chi connectivity index (χ4v) is 1.64. The fourth-order valence-electron chi connectivity index (χ4n) is 1.64. The highest BCUT2D eigenvalue weighted by Gasteiger charge is 2.10. The molecule has 1 rings (SSSR count). The molecule has 5 heteroatoms. The van der Waals surface area contributed by atoms with Crippen LogP contribution in [0.5, 0.6) is 0 Å². The smallest absolute Gasteiger partial charge is 0.319 e. The van der Waals surface area contributed by atoms with Crippen LogP contribution in [0.2, 0.25) is 0 Å². The van der Waals surface area contributed by atoms with E-state index in [9.17, 15) is 9.59 Å². The molecule has 0 unspecified atom stereocenters. The van der Waals surface area contributed by atoms with E-state index in [1.807, 2.05) is 24.3 Å². The van der Waals surface area contributed by atoms with Gasteiger partial charge >= 0.3 is 6.03 Å². The molecule has 0 aromatic heterocycles. The summed E-state index contributed by atoms with van der Waals surface area (Å²) in [4.78, 5) is 23.5. The molecule has 21 heavy (non-hydrogen) atoms.